The zero-order valence-electron chi connectivity index (χ0n) is 16.4. The Morgan fingerprint density at radius 1 is 1.20 bits per heavy atom. The molecule has 6 heteroatoms. The second-order valence-corrected chi connectivity index (χ2v) is 13.7. The Hall–Kier alpha value is -1.27. The van der Waals surface area contributed by atoms with Gasteiger partial charge in [-0.05, 0) is 45.9 Å². The Morgan fingerprint density at radius 2 is 1.80 bits per heavy atom. The van der Waals surface area contributed by atoms with Crippen LogP contribution in [0.2, 0.25) is 16.6 Å². The SMILES string of the molecule is CCOC(=O)N1C=C(O[Si](C(C)C)(C(C)C)C(C)C)C1c1ccsc1. The van der Waals surface area contributed by atoms with E-state index in [4.69, 9.17) is 9.16 Å². The van der Waals surface area contributed by atoms with Crippen molar-refractivity contribution in [3.63, 3.8) is 0 Å². The maximum absolute atomic E-state index is 12.3. The van der Waals surface area contributed by atoms with Gasteiger partial charge in [0.15, 0.2) is 0 Å². The van der Waals surface area contributed by atoms with Crippen molar-refractivity contribution in [3.8, 4) is 0 Å². The van der Waals surface area contributed by atoms with Gasteiger partial charge in [-0.3, -0.25) is 4.90 Å². The normalized spacial score (nSPS) is 17.8. The van der Waals surface area contributed by atoms with Gasteiger partial charge in [0.1, 0.15) is 11.8 Å². The molecule has 2 rings (SSSR count). The molecule has 0 saturated carbocycles. The molecular weight excluding hydrogens is 350 g/mol. The summed E-state index contributed by atoms with van der Waals surface area (Å²) in [6.45, 7) is 15.8. The van der Waals surface area contributed by atoms with E-state index < -0.39 is 8.32 Å². The number of nitrogens with zero attached hydrogens (tertiary/aromatic N) is 1. The summed E-state index contributed by atoms with van der Waals surface area (Å²) in [7, 11) is -2.04. The minimum Gasteiger partial charge on any atom is -0.543 e. The van der Waals surface area contributed by atoms with Crippen LogP contribution in [0.3, 0.4) is 0 Å². The fourth-order valence-corrected chi connectivity index (χ4v) is 10.0. The molecule has 4 nitrogen and oxygen atoms in total. The highest BCUT2D eigenvalue weighted by molar-refractivity contribution is 7.08. The smallest absolute Gasteiger partial charge is 0.414 e. The molecule has 0 fully saturated rings. The molecule has 0 N–H and O–H groups in total. The number of amides is 1. The quantitative estimate of drug-likeness (QED) is 0.521. The maximum atomic E-state index is 12.3. The third-order valence-electron chi connectivity index (χ3n) is 5.15. The predicted octanol–water partition coefficient (Wildman–Crippen LogP) is 6.29. The van der Waals surface area contributed by atoms with Crippen molar-refractivity contribution in [2.45, 2.75) is 71.1 Å². The van der Waals surface area contributed by atoms with Gasteiger partial charge in [0.05, 0.1) is 12.8 Å². The third-order valence-corrected chi connectivity index (χ3v) is 11.9. The average molecular weight is 382 g/mol. The molecule has 1 aliphatic rings. The Morgan fingerprint density at radius 3 is 2.24 bits per heavy atom. The number of ether oxygens (including phenoxy) is 1. The van der Waals surface area contributed by atoms with Gasteiger partial charge in [0.25, 0.3) is 8.32 Å². The molecule has 140 valence electrons. The zero-order valence-corrected chi connectivity index (χ0v) is 18.2. The summed E-state index contributed by atoms with van der Waals surface area (Å²) in [6.07, 6.45) is 1.52. The minimum atomic E-state index is -2.04. The zero-order chi connectivity index (χ0) is 18.8. The molecule has 1 amide bonds. The van der Waals surface area contributed by atoms with Gasteiger partial charge in [0, 0.05) is 0 Å². The lowest BCUT2D eigenvalue weighted by Crippen LogP contribution is -2.51. The Kier molecular flexibility index (Phi) is 6.38. The molecule has 0 aliphatic carbocycles. The van der Waals surface area contributed by atoms with E-state index in [0.717, 1.165) is 11.3 Å². The molecule has 0 radical (unpaired) electrons. The highest BCUT2D eigenvalue weighted by atomic mass is 32.1. The summed E-state index contributed by atoms with van der Waals surface area (Å²) in [5, 5.41) is 4.11. The molecule has 0 aromatic carbocycles. The van der Waals surface area contributed by atoms with E-state index in [0.29, 0.717) is 23.2 Å². The number of carbonyl (C=O) groups is 1. The second kappa shape index (κ2) is 7.95. The highest BCUT2D eigenvalue weighted by Gasteiger charge is 2.50. The van der Waals surface area contributed by atoms with Crippen LogP contribution in [0.5, 0.6) is 0 Å². The fraction of sp³-hybridized carbons (Fsp3) is 0.632. The summed E-state index contributed by atoms with van der Waals surface area (Å²) in [6, 6.07) is 1.90. The molecule has 1 aromatic heterocycles. The molecule has 1 atom stereocenters. The standard InChI is InChI=1S/C19H31NO3SSi/c1-8-22-19(21)20-11-17(18(20)16-9-10-24-12-16)23-25(13(2)3,14(4)5)15(6)7/h9-15,18H,8H2,1-7H3. The van der Waals surface area contributed by atoms with Crippen LogP contribution in [0.1, 0.15) is 60.1 Å². The van der Waals surface area contributed by atoms with E-state index in [2.05, 4.69) is 53.0 Å². The van der Waals surface area contributed by atoms with Gasteiger partial charge in [0.2, 0.25) is 0 Å². The maximum Gasteiger partial charge on any atom is 0.414 e. The van der Waals surface area contributed by atoms with E-state index in [1.54, 1.807) is 16.2 Å². The van der Waals surface area contributed by atoms with Crippen LogP contribution in [0.15, 0.2) is 28.8 Å². The molecule has 0 saturated heterocycles. The van der Waals surface area contributed by atoms with Gasteiger partial charge in [-0.25, -0.2) is 4.79 Å². The fourth-order valence-electron chi connectivity index (χ4n) is 4.09. The summed E-state index contributed by atoms with van der Waals surface area (Å²) < 4.78 is 12.0. The molecule has 0 spiro atoms. The van der Waals surface area contributed by atoms with Crippen molar-refractivity contribution >= 4 is 25.7 Å². The van der Waals surface area contributed by atoms with Crippen molar-refractivity contribution in [2.24, 2.45) is 0 Å². The highest BCUT2D eigenvalue weighted by Crippen LogP contribution is 2.48. The Bertz CT molecular complexity index is 588. The van der Waals surface area contributed by atoms with Gasteiger partial charge < -0.3 is 9.16 Å². The van der Waals surface area contributed by atoms with Crippen LogP contribution >= 0.6 is 11.3 Å². The Labute approximate surface area is 157 Å². The summed E-state index contributed by atoms with van der Waals surface area (Å²) in [4.78, 5) is 13.9. The monoisotopic (exact) mass is 381 g/mol. The Balaban J connectivity index is 2.35. The van der Waals surface area contributed by atoms with Crippen LogP contribution in [0.4, 0.5) is 4.79 Å². The number of hydrogen-bond acceptors (Lipinski definition) is 4. The average Bonchev–Trinajstić information content (AvgIpc) is 2.99. The largest absolute Gasteiger partial charge is 0.543 e. The van der Waals surface area contributed by atoms with Crippen molar-refractivity contribution in [3.05, 3.63) is 34.3 Å². The number of hydrogen-bond donors (Lipinski definition) is 0. The van der Waals surface area contributed by atoms with Gasteiger partial charge >= 0.3 is 6.09 Å². The van der Waals surface area contributed by atoms with Crippen molar-refractivity contribution in [1.82, 2.24) is 4.90 Å². The summed E-state index contributed by atoms with van der Waals surface area (Å²) in [5.41, 5.74) is 2.57. The lowest BCUT2D eigenvalue weighted by atomic mass is 10.0. The van der Waals surface area contributed by atoms with E-state index >= 15 is 0 Å². The van der Waals surface area contributed by atoms with Crippen molar-refractivity contribution in [1.29, 1.82) is 0 Å². The first-order valence-electron chi connectivity index (χ1n) is 9.13. The first-order valence-corrected chi connectivity index (χ1v) is 12.2. The van der Waals surface area contributed by atoms with E-state index in [9.17, 15) is 4.79 Å². The van der Waals surface area contributed by atoms with E-state index in [-0.39, 0.29) is 12.1 Å². The first-order chi connectivity index (χ1) is 11.8. The lowest BCUT2D eigenvalue weighted by molar-refractivity contribution is 0.0893. The molecule has 2 heterocycles. The van der Waals surface area contributed by atoms with Crippen LogP contribution in [0, 0.1) is 0 Å². The summed E-state index contributed by atoms with van der Waals surface area (Å²) in [5.74, 6) is 0.911. The van der Waals surface area contributed by atoms with E-state index in [1.165, 1.54) is 0 Å². The van der Waals surface area contributed by atoms with Crippen LogP contribution in [0.25, 0.3) is 0 Å². The van der Waals surface area contributed by atoms with Crippen molar-refractivity contribution < 1.29 is 14.0 Å². The topological polar surface area (TPSA) is 38.8 Å². The minimum absolute atomic E-state index is 0.159. The molecular formula is C19H31NO3SSi. The third kappa shape index (κ3) is 3.65. The predicted molar refractivity (Wildman–Crippen MR) is 106 cm³/mol. The molecule has 1 aromatic rings. The van der Waals surface area contributed by atoms with Crippen LogP contribution in [-0.4, -0.2) is 25.9 Å². The van der Waals surface area contributed by atoms with Crippen LogP contribution < -0.4 is 0 Å². The number of thiophene rings is 1. The number of carbonyl (C=O) groups excluding carboxylic acids is 1. The lowest BCUT2D eigenvalue weighted by Gasteiger charge is -2.48. The van der Waals surface area contributed by atoms with Crippen LogP contribution in [-0.2, 0) is 9.16 Å². The summed E-state index contributed by atoms with van der Waals surface area (Å²) >= 11 is 1.63. The molecule has 1 aliphatic heterocycles. The van der Waals surface area contributed by atoms with Gasteiger partial charge in [-0.1, -0.05) is 41.5 Å². The molecule has 1 unspecified atom stereocenters. The first kappa shape index (κ1) is 20.0. The molecule has 0 bridgehead atoms. The van der Waals surface area contributed by atoms with Gasteiger partial charge in [-0.15, -0.1) is 0 Å². The van der Waals surface area contributed by atoms with Gasteiger partial charge in [-0.2, -0.15) is 11.3 Å². The molecule has 25 heavy (non-hydrogen) atoms. The second-order valence-electron chi connectivity index (χ2n) is 7.52. The van der Waals surface area contributed by atoms with Crippen molar-refractivity contribution in [2.75, 3.05) is 6.61 Å². The number of rotatable bonds is 7. The van der Waals surface area contributed by atoms with E-state index in [1.807, 2.05) is 18.5 Å².